The third-order valence-corrected chi connectivity index (χ3v) is 6.21. The van der Waals surface area contributed by atoms with Crippen molar-refractivity contribution < 1.29 is 31.7 Å². The Hall–Kier alpha value is -1.63. The minimum Gasteiger partial charge on any atom is -1.00 e. The standard InChI is InChI=1S/C26H45N2O4.ClH/c1-5-6-7-8-9-10-11-12-13-14-17-28(3,18-19-29)22-25-21-24(15-16-26(25)32-4)20-23(2)27(30)31;/h15-16,20-21,29H,5-14,17-19,22H2,1-4H3;1H/q+1;/p-1/b23-20-;. The topological polar surface area (TPSA) is 72.6 Å². The molecule has 1 N–H and O–H groups in total. The number of rotatable bonds is 18. The molecule has 0 aliphatic heterocycles. The van der Waals surface area contributed by atoms with E-state index in [9.17, 15) is 15.2 Å². The summed E-state index contributed by atoms with van der Waals surface area (Å²) in [6, 6.07) is 5.68. The van der Waals surface area contributed by atoms with Gasteiger partial charge in [0.15, 0.2) is 0 Å². The van der Waals surface area contributed by atoms with E-state index in [1.165, 1.54) is 64.7 Å². The lowest BCUT2D eigenvalue weighted by Crippen LogP contribution is -3.00. The Morgan fingerprint density at radius 2 is 1.64 bits per heavy atom. The molecule has 33 heavy (non-hydrogen) atoms. The number of nitrogens with zero attached hydrogens (tertiary/aromatic N) is 2. The minimum atomic E-state index is -0.374. The van der Waals surface area contributed by atoms with E-state index in [1.807, 2.05) is 18.2 Å². The number of allylic oxidation sites excluding steroid dienone is 1. The number of benzene rings is 1. The lowest BCUT2D eigenvalue weighted by atomic mass is 10.0. The highest BCUT2D eigenvalue weighted by molar-refractivity contribution is 5.54. The molecule has 1 rings (SSSR count). The molecule has 0 fully saturated rings. The average Bonchev–Trinajstić information content (AvgIpc) is 2.75. The van der Waals surface area contributed by atoms with Crippen LogP contribution in [0.5, 0.6) is 5.75 Å². The first-order chi connectivity index (χ1) is 15.3. The molecule has 0 spiro atoms. The number of likely N-dealkylation sites (N-methyl/N-ethyl adjacent to an activating group) is 1. The van der Waals surface area contributed by atoms with Crippen LogP contribution in [0.25, 0.3) is 6.08 Å². The second-order valence-electron chi connectivity index (χ2n) is 9.24. The van der Waals surface area contributed by atoms with Crippen LogP contribution in [-0.4, -0.2) is 48.4 Å². The maximum atomic E-state index is 11.0. The Morgan fingerprint density at radius 1 is 1.06 bits per heavy atom. The fourth-order valence-corrected chi connectivity index (χ4v) is 4.21. The lowest BCUT2D eigenvalue weighted by molar-refractivity contribution is -0.923. The van der Waals surface area contributed by atoms with Crippen molar-refractivity contribution in [1.29, 1.82) is 0 Å². The summed E-state index contributed by atoms with van der Waals surface area (Å²) in [5.74, 6) is 0.784. The third-order valence-electron chi connectivity index (χ3n) is 6.21. The van der Waals surface area contributed by atoms with Crippen LogP contribution in [0.15, 0.2) is 23.9 Å². The number of unbranched alkanes of at least 4 members (excludes halogenated alkanes) is 9. The average molecular weight is 485 g/mol. The normalized spacial score (nSPS) is 13.3. The van der Waals surface area contributed by atoms with Crippen molar-refractivity contribution in [3.05, 3.63) is 45.1 Å². The molecular formula is C26H45ClN2O4. The van der Waals surface area contributed by atoms with E-state index in [0.29, 0.717) is 6.54 Å². The van der Waals surface area contributed by atoms with Crippen molar-refractivity contribution >= 4 is 6.08 Å². The quantitative estimate of drug-likeness (QED) is 0.150. The zero-order valence-corrected chi connectivity index (χ0v) is 21.9. The van der Waals surface area contributed by atoms with Gasteiger partial charge in [0.1, 0.15) is 18.8 Å². The predicted molar refractivity (Wildman–Crippen MR) is 132 cm³/mol. The van der Waals surface area contributed by atoms with Crippen LogP contribution in [-0.2, 0) is 6.54 Å². The number of aliphatic hydroxyl groups excluding tert-OH is 1. The van der Waals surface area contributed by atoms with Gasteiger partial charge in [-0.1, -0.05) is 64.4 Å². The van der Waals surface area contributed by atoms with E-state index in [2.05, 4.69) is 14.0 Å². The van der Waals surface area contributed by atoms with E-state index in [1.54, 1.807) is 13.2 Å². The van der Waals surface area contributed by atoms with Crippen LogP contribution in [0.3, 0.4) is 0 Å². The molecule has 0 saturated heterocycles. The largest absolute Gasteiger partial charge is 1.00 e. The molecule has 190 valence electrons. The molecule has 1 atom stereocenters. The van der Waals surface area contributed by atoms with Gasteiger partial charge in [0.05, 0.1) is 32.2 Å². The van der Waals surface area contributed by atoms with Gasteiger partial charge in [-0.25, -0.2) is 0 Å². The van der Waals surface area contributed by atoms with Crippen LogP contribution in [0.1, 0.15) is 89.2 Å². The van der Waals surface area contributed by atoms with Crippen molar-refractivity contribution in [2.75, 3.05) is 33.9 Å². The number of aliphatic hydroxyl groups is 1. The number of methoxy groups -OCH3 is 1. The number of ether oxygens (including phenoxy) is 1. The Bertz CT molecular complexity index is 712. The molecular weight excluding hydrogens is 440 g/mol. The monoisotopic (exact) mass is 484 g/mol. The van der Waals surface area contributed by atoms with Crippen LogP contribution >= 0.6 is 0 Å². The van der Waals surface area contributed by atoms with E-state index >= 15 is 0 Å². The number of nitro groups is 1. The summed E-state index contributed by atoms with van der Waals surface area (Å²) in [6.07, 6.45) is 14.6. The van der Waals surface area contributed by atoms with Crippen molar-refractivity contribution in [1.82, 2.24) is 0 Å². The molecule has 1 aromatic carbocycles. The third kappa shape index (κ3) is 13.0. The van der Waals surface area contributed by atoms with Crippen LogP contribution in [0, 0.1) is 10.1 Å². The van der Waals surface area contributed by atoms with E-state index in [-0.39, 0.29) is 29.6 Å². The first-order valence-corrected chi connectivity index (χ1v) is 12.3. The second kappa shape index (κ2) is 17.8. The summed E-state index contributed by atoms with van der Waals surface area (Å²) < 4.78 is 6.28. The molecule has 0 heterocycles. The van der Waals surface area contributed by atoms with Crippen LogP contribution in [0.2, 0.25) is 0 Å². The zero-order chi connectivity index (χ0) is 23.8. The summed E-state index contributed by atoms with van der Waals surface area (Å²) in [5, 5.41) is 20.6. The second-order valence-corrected chi connectivity index (χ2v) is 9.24. The summed E-state index contributed by atoms with van der Waals surface area (Å²) in [5.41, 5.74) is 1.92. The van der Waals surface area contributed by atoms with Crippen molar-refractivity contribution in [2.45, 2.75) is 84.6 Å². The molecule has 0 amide bonds. The smallest absolute Gasteiger partial charge is 0.243 e. The highest BCUT2D eigenvalue weighted by atomic mass is 35.5. The van der Waals surface area contributed by atoms with Crippen LogP contribution < -0.4 is 17.1 Å². The molecule has 7 heteroatoms. The van der Waals surface area contributed by atoms with Gasteiger partial charge in [0.2, 0.25) is 5.70 Å². The van der Waals surface area contributed by atoms with Gasteiger partial charge in [-0.3, -0.25) is 10.1 Å². The van der Waals surface area contributed by atoms with E-state index in [4.69, 9.17) is 4.74 Å². The maximum absolute atomic E-state index is 11.0. The van der Waals surface area contributed by atoms with Crippen molar-refractivity contribution in [3.63, 3.8) is 0 Å². The highest BCUT2D eigenvalue weighted by Crippen LogP contribution is 2.26. The molecule has 0 aliphatic carbocycles. The van der Waals surface area contributed by atoms with Gasteiger partial charge in [-0.2, -0.15) is 0 Å². The zero-order valence-electron chi connectivity index (χ0n) is 21.2. The summed E-state index contributed by atoms with van der Waals surface area (Å²) in [4.78, 5) is 10.6. The summed E-state index contributed by atoms with van der Waals surface area (Å²) >= 11 is 0. The van der Waals surface area contributed by atoms with Crippen LogP contribution in [0.4, 0.5) is 0 Å². The van der Waals surface area contributed by atoms with E-state index < -0.39 is 0 Å². The SMILES string of the molecule is CCCCCCCCCCCC[N+](C)(CCO)Cc1cc(/C=C(/C)[N+](=O)[O-])ccc1OC.[Cl-]. The number of halogens is 1. The molecule has 0 aliphatic rings. The predicted octanol–water partition coefficient (Wildman–Crippen LogP) is 3.20. The first kappa shape index (κ1) is 31.4. The molecule has 6 nitrogen and oxygen atoms in total. The maximum Gasteiger partial charge on any atom is 0.243 e. The summed E-state index contributed by atoms with van der Waals surface area (Å²) in [6.45, 7) is 6.28. The fraction of sp³-hybridized carbons (Fsp3) is 0.692. The Labute approximate surface area is 207 Å². The molecule has 0 bridgehead atoms. The van der Waals surface area contributed by atoms with Gasteiger partial charge in [-0.05, 0) is 30.5 Å². The van der Waals surface area contributed by atoms with Gasteiger partial charge in [-0.15, -0.1) is 0 Å². The number of hydrogen-bond acceptors (Lipinski definition) is 4. The summed E-state index contributed by atoms with van der Waals surface area (Å²) in [7, 11) is 3.82. The molecule has 1 unspecified atom stereocenters. The van der Waals surface area contributed by atoms with E-state index in [0.717, 1.165) is 40.9 Å². The molecule has 0 aromatic heterocycles. The van der Waals surface area contributed by atoms with Gasteiger partial charge < -0.3 is 26.7 Å². The van der Waals surface area contributed by atoms with Crippen molar-refractivity contribution in [2.24, 2.45) is 0 Å². The lowest BCUT2D eigenvalue weighted by Gasteiger charge is -2.34. The number of hydrogen-bond donors (Lipinski definition) is 1. The Balaban J connectivity index is 0.0000102. The van der Waals surface area contributed by atoms with Gasteiger partial charge >= 0.3 is 0 Å². The Kier molecular flexibility index (Phi) is 16.9. The molecule has 0 saturated carbocycles. The van der Waals surface area contributed by atoms with Crippen molar-refractivity contribution in [3.8, 4) is 5.75 Å². The fourth-order valence-electron chi connectivity index (χ4n) is 4.21. The van der Waals surface area contributed by atoms with Gasteiger partial charge in [0.25, 0.3) is 0 Å². The van der Waals surface area contributed by atoms with Gasteiger partial charge in [0, 0.05) is 18.6 Å². The first-order valence-electron chi connectivity index (χ1n) is 12.3. The number of quaternary nitrogens is 1. The molecule has 1 aromatic rings. The Morgan fingerprint density at radius 3 is 2.15 bits per heavy atom. The minimum absolute atomic E-state index is 0. The highest BCUT2D eigenvalue weighted by Gasteiger charge is 2.23. The molecule has 0 radical (unpaired) electrons.